The summed E-state index contributed by atoms with van der Waals surface area (Å²) in [6.07, 6.45) is 1.01. The lowest BCUT2D eigenvalue weighted by Crippen LogP contribution is -1.94. The normalized spacial score (nSPS) is 10.9. The van der Waals surface area contributed by atoms with Crippen LogP contribution < -0.4 is 4.74 Å². The van der Waals surface area contributed by atoms with E-state index in [0.717, 1.165) is 35.7 Å². The molecule has 0 bridgehead atoms. The summed E-state index contributed by atoms with van der Waals surface area (Å²) < 4.78 is 5.59. The molecule has 2 aromatic rings. The number of rotatable bonds is 5. The van der Waals surface area contributed by atoms with Crippen molar-refractivity contribution in [2.45, 2.75) is 27.2 Å². The summed E-state index contributed by atoms with van der Waals surface area (Å²) in [5.74, 6) is 0.888. The van der Waals surface area contributed by atoms with Crippen LogP contribution in [0.4, 0.5) is 11.4 Å². The van der Waals surface area contributed by atoms with E-state index in [1.807, 2.05) is 49.4 Å². The van der Waals surface area contributed by atoms with E-state index in [2.05, 4.69) is 24.1 Å². The minimum atomic E-state index is 0.740. The van der Waals surface area contributed by atoms with Gasteiger partial charge in [-0.25, -0.2) is 0 Å². The Morgan fingerprint density at radius 3 is 2.35 bits per heavy atom. The van der Waals surface area contributed by atoms with E-state index in [1.54, 1.807) is 0 Å². The SMILES string of the molecule is CCCOc1ccc(N=Nc2ccc(C)cc2)c(C)c1. The van der Waals surface area contributed by atoms with Gasteiger partial charge in [-0.15, -0.1) is 0 Å². The van der Waals surface area contributed by atoms with Gasteiger partial charge in [-0.2, -0.15) is 10.2 Å². The van der Waals surface area contributed by atoms with E-state index >= 15 is 0 Å². The van der Waals surface area contributed by atoms with Gasteiger partial charge < -0.3 is 4.74 Å². The lowest BCUT2D eigenvalue weighted by molar-refractivity contribution is 0.317. The highest BCUT2D eigenvalue weighted by Crippen LogP contribution is 2.26. The lowest BCUT2D eigenvalue weighted by atomic mass is 10.2. The maximum Gasteiger partial charge on any atom is 0.119 e. The maximum atomic E-state index is 5.59. The summed E-state index contributed by atoms with van der Waals surface area (Å²) in [5.41, 5.74) is 4.02. The number of aryl methyl sites for hydroxylation is 2. The van der Waals surface area contributed by atoms with Crippen molar-refractivity contribution >= 4 is 11.4 Å². The second-order valence-electron chi connectivity index (χ2n) is 4.83. The molecule has 0 N–H and O–H groups in total. The minimum Gasteiger partial charge on any atom is -0.494 e. The quantitative estimate of drug-likeness (QED) is 0.658. The summed E-state index contributed by atoms with van der Waals surface area (Å²) in [7, 11) is 0. The Morgan fingerprint density at radius 2 is 1.70 bits per heavy atom. The summed E-state index contributed by atoms with van der Waals surface area (Å²) >= 11 is 0. The second-order valence-corrected chi connectivity index (χ2v) is 4.83. The van der Waals surface area contributed by atoms with Crippen molar-refractivity contribution in [2.75, 3.05) is 6.61 Å². The summed E-state index contributed by atoms with van der Waals surface area (Å²) in [5, 5.41) is 8.55. The van der Waals surface area contributed by atoms with Gasteiger partial charge in [0.25, 0.3) is 0 Å². The van der Waals surface area contributed by atoms with Gasteiger partial charge in [0, 0.05) is 0 Å². The highest BCUT2D eigenvalue weighted by atomic mass is 16.5. The van der Waals surface area contributed by atoms with Crippen LogP contribution in [0.3, 0.4) is 0 Å². The standard InChI is InChI=1S/C17H20N2O/c1-4-11-20-16-9-10-17(14(3)12-16)19-18-15-7-5-13(2)6-8-15/h5-10,12H,4,11H2,1-3H3. The predicted octanol–water partition coefficient (Wildman–Crippen LogP) is 5.51. The Labute approximate surface area is 120 Å². The number of benzene rings is 2. The average Bonchev–Trinajstić information content (AvgIpc) is 2.46. The van der Waals surface area contributed by atoms with Crippen molar-refractivity contribution in [3.63, 3.8) is 0 Å². The van der Waals surface area contributed by atoms with Gasteiger partial charge in [-0.05, 0) is 56.2 Å². The van der Waals surface area contributed by atoms with Crippen LogP contribution in [0.1, 0.15) is 24.5 Å². The number of hydrogen-bond donors (Lipinski definition) is 0. The van der Waals surface area contributed by atoms with E-state index in [1.165, 1.54) is 5.56 Å². The molecule has 3 heteroatoms. The maximum absolute atomic E-state index is 5.59. The van der Waals surface area contributed by atoms with Gasteiger partial charge in [0.05, 0.1) is 18.0 Å². The number of hydrogen-bond acceptors (Lipinski definition) is 3. The predicted molar refractivity (Wildman–Crippen MR) is 82.3 cm³/mol. The molecule has 0 aliphatic heterocycles. The molecule has 0 aliphatic rings. The molecule has 2 rings (SSSR count). The molecule has 3 nitrogen and oxygen atoms in total. The fourth-order valence-electron chi connectivity index (χ4n) is 1.77. The Balaban J connectivity index is 2.11. The molecule has 0 heterocycles. The van der Waals surface area contributed by atoms with Crippen molar-refractivity contribution in [3.8, 4) is 5.75 Å². The van der Waals surface area contributed by atoms with Crippen LogP contribution in [0.2, 0.25) is 0 Å². The Kier molecular flexibility index (Phi) is 4.88. The van der Waals surface area contributed by atoms with Crippen molar-refractivity contribution in [2.24, 2.45) is 10.2 Å². The van der Waals surface area contributed by atoms with Crippen molar-refractivity contribution in [3.05, 3.63) is 53.6 Å². The molecule has 20 heavy (non-hydrogen) atoms. The van der Waals surface area contributed by atoms with Crippen LogP contribution >= 0.6 is 0 Å². The third-order valence-electron chi connectivity index (χ3n) is 2.95. The molecule has 2 aromatic carbocycles. The van der Waals surface area contributed by atoms with Crippen LogP contribution in [0.15, 0.2) is 52.7 Å². The first-order valence-corrected chi connectivity index (χ1v) is 6.91. The van der Waals surface area contributed by atoms with E-state index in [4.69, 9.17) is 4.74 Å². The van der Waals surface area contributed by atoms with Gasteiger partial charge >= 0.3 is 0 Å². The largest absolute Gasteiger partial charge is 0.494 e. The van der Waals surface area contributed by atoms with Crippen LogP contribution in [0.25, 0.3) is 0 Å². The van der Waals surface area contributed by atoms with Crippen LogP contribution in [0, 0.1) is 13.8 Å². The van der Waals surface area contributed by atoms with Crippen molar-refractivity contribution < 1.29 is 4.74 Å². The third kappa shape index (κ3) is 3.92. The zero-order valence-electron chi connectivity index (χ0n) is 12.3. The molecule has 0 amide bonds. The average molecular weight is 268 g/mol. The monoisotopic (exact) mass is 268 g/mol. The van der Waals surface area contributed by atoms with Gasteiger partial charge in [-0.1, -0.05) is 24.6 Å². The highest BCUT2D eigenvalue weighted by molar-refractivity contribution is 5.49. The molecule has 0 aliphatic carbocycles. The first-order valence-electron chi connectivity index (χ1n) is 6.91. The molecule has 0 saturated heterocycles. The smallest absolute Gasteiger partial charge is 0.119 e. The number of azo groups is 1. The lowest BCUT2D eigenvalue weighted by Gasteiger charge is -2.06. The molecule has 0 unspecified atom stereocenters. The molecule has 0 radical (unpaired) electrons. The molecule has 0 saturated carbocycles. The Hall–Kier alpha value is -2.16. The fourth-order valence-corrected chi connectivity index (χ4v) is 1.77. The summed E-state index contributed by atoms with van der Waals surface area (Å²) in [6.45, 7) is 6.91. The molecule has 0 atom stereocenters. The van der Waals surface area contributed by atoms with E-state index in [9.17, 15) is 0 Å². The molecule has 0 fully saturated rings. The van der Waals surface area contributed by atoms with Gasteiger partial charge in [-0.3, -0.25) is 0 Å². The van der Waals surface area contributed by atoms with Crippen molar-refractivity contribution in [1.29, 1.82) is 0 Å². The first kappa shape index (κ1) is 14.3. The van der Waals surface area contributed by atoms with Gasteiger partial charge in [0.1, 0.15) is 5.75 Å². The van der Waals surface area contributed by atoms with Crippen molar-refractivity contribution in [1.82, 2.24) is 0 Å². The fraction of sp³-hybridized carbons (Fsp3) is 0.294. The highest BCUT2D eigenvalue weighted by Gasteiger charge is 2.00. The first-order chi connectivity index (χ1) is 9.69. The summed E-state index contributed by atoms with van der Waals surface area (Å²) in [4.78, 5) is 0. The zero-order chi connectivity index (χ0) is 14.4. The van der Waals surface area contributed by atoms with Crippen LogP contribution in [-0.4, -0.2) is 6.61 Å². The molecular formula is C17H20N2O. The van der Waals surface area contributed by atoms with Crippen LogP contribution in [0.5, 0.6) is 5.75 Å². The molecule has 0 spiro atoms. The van der Waals surface area contributed by atoms with Crippen LogP contribution in [-0.2, 0) is 0 Å². The molecule has 104 valence electrons. The van der Waals surface area contributed by atoms with Gasteiger partial charge in [0.15, 0.2) is 0 Å². The molecular weight excluding hydrogens is 248 g/mol. The second kappa shape index (κ2) is 6.85. The summed E-state index contributed by atoms with van der Waals surface area (Å²) in [6, 6.07) is 13.9. The zero-order valence-corrected chi connectivity index (χ0v) is 12.3. The van der Waals surface area contributed by atoms with E-state index in [-0.39, 0.29) is 0 Å². The minimum absolute atomic E-state index is 0.740. The Morgan fingerprint density at radius 1 is 0.950 bits per heavy atom. The number of nitrogens with zero attached hydrogens (tertiary/aromatic N) is 2. The van der Waals surface area contributed by atoms with Gasteiger partial charge in [0.2, 0.25) is 0 Å². The molecule has 0 aromatic heterocycles. The Bertz CT molecular complexity index is 588. The topological polar surface area (TPSA) is 34.0 Å². The third-order valence-corrected chi connectivity index (χ3v) is 2.95. The number of ether oxygens (including phenoxy) is 1. The van der Waals surface area contributed by atoms with E-state index in [0.29, 0.717) is 0 Å². The van der Waals surface area contributed by atoms with E-state index < -0.39 is 0 Å².